The van der Waals surface area contributed by atoms with Gasteiger partial charge in [-0.3, -0.25) is 4.79 Å². The minimum Gasteiger partial charge on any atom is -0.441 e. The number of primary amides is 1. The van der Waals surface area contributed by atoms with E-state index in [-0.39, 0.29) is 17.9 Å². The first-order valence-electron chi connectivity index (χ1n) is 8.93. The van der Waals surface area contributed by atoms with Crippen molar-refractivity contribution in [2.75, 3.05) is 31.1 Å². The summed E-state index contributed by atoms with van der Waals surface area (Å²) in [7, 11) is 0. The van der Waals surface area contributed by atoms with E-state index in [0.717, 1.165) is 23.9 Å². The Hall–Kier alpha value is -3.16. The smallest absolute Gasteiger partial charge is 0.405 e. The van der Waals surface area contributed by atoms with E-state index >= 15 is 0 Å². The zero-order valence-corrected chi connectivity index (χ0v) is 15.2. The van der Waals surface area contributed by atoms with Crippen LogP contribution < -0.4 is 10.6 Å². The molecule has 0 radical (unpaired) electrons. The maximum Gasteiger partial charge on any atom is 0.405 e. The lowest BCUT2D eigenvalue weighted by molar-refractivity contribution is -0.133. The molecule has 2 aromatic carbocycles. The number of ether oxygens (including phenoxy) is 1. The van der Waals surface area contributed by atoms with Crippen LogP contribution in [0, 0.1) is 11.6 Å². The van der Waals surface area contributed by atoms with Gasteiger partial charge in [0.25, 0.3) is 0 Å². The third-order valence-corrected chi connectivity index (χ3v) is 4.68. The summed E-state index contributed by atoms with van der Waals surface area (Å²) in [5.41, 5.74) is 5.91. The molecule has 1 atom stereocenters. The number of benzene rings is 2. The Bertz CT molecular complexity index is 840. The van der Waals surface area contributed by atoms with Crippen LogP contribution in [0.4, 0.5) is 19.3 Å². The van der Waals surface area contributed by atoms with Crippen LogP contribution in [0.3, 0.4) is 0 Å². The number of anilines is 1. The summed E-state index contributed by atoms with van der Waals surface area (Å²) in [6, 6.07) is 12.6. The van der Waals surface area contributed by atoms with Gasteiger partial charge < -0.3 is 20.3 Å². The minimum atomic E-state index is -1.28. The molecule has 1 heterocycles. The number of halogens is 2. The molecule has 8 heteroatoms. The first-order valence-corrected chi connectivity index (χ1v) is 8.93. The lowest BCUT2D eigenvalue weighted by atomic mass is 10.0. The third kappa shape index (κ3) is 4.76. The van der Waals surface area contributed by atoms with Crippen LogP contribution in [0.1, 0.15) is 18.1 Å². The summed E-state index contributed by atoms with van der Waals surface area (Å²) in [4.78, 5) is 27.6. The topological polar surface area (TPSA) is 75.9 Å². The number of rotatable bonds is 5. The van der Waals surface area contributed by atoms with Crippen molar-refractivity contribution in [2.24, 2.45) is 5.73 Å². The van der Waals surface area contributed by atoms with Crippen LogP contribution in [-0.2, 0) is 9.53 Å². The van der Waals surface area contributed by atoms with Crippen LogP contribution in [0.2, 0.25) is 0 Å². The highest BCUT2D eigenvalue weighted by molar-refractivity contribution is 5.78. The molecule has 0 spiro atoms. The van der Waals surface area contributed by atoms with E-state index in [4.69, 9.17) is 10.5 Å². The quantitative estimate of drug-likeness (QED) is 0.853. The Balaban J connectivity index is 1.66. The number of hydrogen-bond acceptors (Lipinski definition) is 4. The van der Waals surface area contributed by atoms with Gasteiger partial charge in [0, 0.05) is 37.4 Å². The molecule has 1 aliphatic heterocycles. The normalized spacial score (nSPS) is 15.2. The number of amides is 2. The first-order chi connectivity index (χ1) is 13.4. The predicted octanol–water partition coefficient (Wildman–Crippen LogP) is 2.84. The molecule has 1 fully saturated rings. The zero-order chi connectivity index (χ0) is 20.1. The molecule has 148 valence electrons. The van der Waals surface area contributed by atoms with Crippen molar-refractivity contribution in [1.82, 2.24) is 4.90 Å². The number of carbonyl (C=O) groups excluding carboxylic acids is 2. The van der Waals surface area contributed by atoms with Gasteiger partial charge in [-0.15, -0.1) is 0 Å². The van der Waals surface area contributed by atoms with E-state index in [1.807, 2.05) is 30.3 Å². The van der Waals surface area contributed by atoms with Gasteiger partial charge in [0.15, 0.2) is 0 Å². The summed E-state index contributed by atoms with van der Waals surface area (Å²) < 4.78 is 32.5. The van der Waals surface area contributed by atoms with Gasteiger partial charge in [-0.1, -0.05) is 18.2 Å². The lowest BCUT2D eigenvalue weighted by Crippen LogP contribution is -2.49. The van der Waals surface area contributed by atoms with Gasteiger partial charge in [0.05, 0.1) is 6.42 Å². The maximum absolute atomic E-state index is 14.1. The molecular weight excluding hydrogens is 368 g/mol. The van der Waals surface area contributed by atoms with Crippen molar-refractivity contribution in [1.29, 1.82) is 0 Å². The fraction of sp³-hybridized carbons (Fsp3) is 0.300. The van der Waals surface area contributed by atoms with Gasteiger partial charge in [0.2, 0.25) is 5.91 Å². The molecule has 28 heavy (non-hydrogen) atoms. The summed E-state index contributed by atoms with van der Waals surface area (Å²) in [5.74, 6) is -1.78. The van der Waals surface area contributed by atoms with E-state index in [2.05, 4.69) is 4.90 Å². The van der Waals surface area contributed by atoms with Crippen molar-refractivity contribution in [3.63, 3.8) is 0 Å². The highest BCUT2D eigenvalue weighted by Gasteiger charge is 2.28. The fourth-order valence-corrected chi connectivity index (χ4v) is 3.26. The number of hydrogen-bond donors (Lipinski definition) is 1. The third-order valence-electron chi connectivity index (χ3n) is 4.68. The second-order valence-corrected chi connectivity index (χ2v) is 6.50. The summed E-state index contributed by atoms with van der Waals surface area (Å²) in [6.45, 7) is 2.24. The zero-order valence-electron chi connectivity index (χ0n) is 15.2. The van der Waals surface area contributed by atoms with E-state index in [1.165, 1.54) is 0 Å². The van der Waals surface area contributed by atoms with Crippen molar-refractivity contribution < 1.29 is 23.1 Å². The second-order valence-electron chi connectivity index (χ2n) is 6.50. The molecule has 6 nitrogen and oxygen atoms in total. The Morgan fingerprint density at radius 2 is 1.71 bits per heavy atom. The van der Waals surface area contributed by atoms with Gasteiger partial charge in [-0.05, 0) is 30.3 Å². The van der Waals surface area contributed by atoms with Crippen LogP contribution in [-0.4, -0.2) is 43.1 Å². The van der Waals surface area contributed by atoms with E-state index in [1.54, 1.807) is 4.90 Å². The average Bonchev–Trinajstić information content (AvgIpc) is 2.70. The van der Waals surface area contributed by atoms with Gasteiger partial charge in [0.1, 0.15) is 17.7 Å². The standard InChI is InChI=1S/C20H21F2N3O3/c21-14-6-7-17(22)16(12-14)18(28-20(23)27)13-19(26)25-10-8-24(9-11-25)15-4-2-1-3-5-15/h1-7,12,18H,8-11,13H2,(H2,23,27). The molecule has 0 aromatic heterocycles. The van der Waals surface area contributed by atoms with E-state index in [0.29, 0.717) is 26.2 Å². The molecule has 1 unspecified atom stereocenters. The monoisotopic (exact) mass is 389 g/mol. The van der Waals surface area contributed by atoms with E-state index < -0.39 is 23.8 Å². The van der Waals surface area contributed by atoms with Crippen LogP contribution >= 0.6 is 0 Å². The molecule has 1 aliphatic rings. The van der Waals surface area contributed by atoms with Crippen molar-refractivity contribution in [3.8, 4) is 0 Å². The number of para-hydroxylation sites is 1. The predicted molar refractivity (Wildman–Crippen MR) is 99.6 cm³/mol. The summed E-state index contributed by atoms with van der Waals surface area (Å²) in [5, 5.41) is 0. The van der Waals surface area contributed by atoms with E-state index in [9.17, 15) is 18.4 Å². The average molecular weight is 389 g/mol. The van der Waals surface area contributed by atoms with Gasteiger partial charge >= 0.3 is 6.09 Å². The molecule has 0 aliphatic carbocycles. The largest absolute Gasteiger partial charge is 0.441 e. The molecule has 2 aromatic rings. The Labute approximate surface area is 161 Å². The van der Waals surface area contributed by atoms with Gasteiger partial charge in [-0.2, -0.15) is 0 Å². The van der Waals surface area contributed by atoms with Crippen molar-refractivity contribution in [2.45, 2.75) is 12.5 Å². The van der Waals surface area contributed by atoms with Gasteiger partial charge in [-0.25, -0.2) is 13.6 Å². The molecule has 2 amide bonds. The number of nitrogens with two attached hydrogens (primary N) is 1. The number of piperazine rings is 1. The van der Waals surface area contributed by atoms with Crippen molar-refractivity contribution >= 4 is 17.7 Å². The second kappa shape index (κ2) is 8.69. The Morgan fingerprint density at radius 1 is 1.04 bits per heavy atom. The molecule has 0 saturated carbocycles. The minimum absolute atomic E-state index is 0.213. The summed E-state index contributed by atoms with van der Waals surface area (Å²) in [6.07, 6.45) is -2.75. The molecule has 3 rings (SSSR count). The molecule has 1 saturated heterocycles. The molecule has 2 N–H and O–H groups in total. The lowest BCUT2D eigenvalue weighted by Gasteiger charge is -2.36. The highest BCUT2D eigenvalue weighted by Crippen LogP contribution is 2.26. The fourth-order valence-electron chi connectivity index (χ4n) is 3.26. The van der Waals surface area contributed by atoms with Crippen LogP contribution in [0.15, 0.2) is 48.5 Å². The highest BCUT2D eigenvalue weighted by atomic mass is 19.1. The van der Waals surface area contributed by atoms with Crippen molar-refractivity contribution in [3.05, 3.63) is 65.7 Å². The van der Waals surface area contributed by atoms with Crippen LogP contribution in [0.25, 0.3) is 0 Å². The Kier molecular flexibility index (Phi) is 6.08. The molecular formula is C20H21F2N3O3. The Morgan fingerprint density at radius 3 is 2.36 bits per heavy atom. The van der Waals surface area contributed by atoms with Crippen LogP contribution in [0.5, 0.6) is 0 Å². The number of nitrogens with zero attached hydrogens (tertiary/aromatic N) is 2. The summed E-state index contributed by atoms with van der Waals surface area (Å²) >= 11 is 0. The SMILES string of the molecule is NC(=O)OC(CC(=O)N1CCN(c2ccccc2)CC1)c1cc(F)ccc1F. The molecule has 0 bridgehead atoms. The number of carbonyl (C=O) groups is 2. The first kappa shape index (κ1) is 19.6. The maximum atomic E-state index is 14.1.